The molecule has 0 bridgehead atoms. The molecule has 1 N–H and O–H groups in total. The summed E-state index contributed by atoms with van der Waals surface area (Å²) in [4.78, 5) is 38.0. The molecule has 63 heavy (non-hydrogen) atoms. The van der Waals surface area contributed by atoms with Gasteiger partial charge in [0.25, 0.3) is 0 Å². The van der Waals surface area contributed by atoms with Crippen molar-refractivity contribution < 1.29 is 47.5 Å². The molecule has 8 rings (SSSR count). The number of hydrogen-bond donors (Lipinski definition) is 1. The number of halogens is 1. The molecular weight excluding hydrogens is 846 g/mol. The van der Waals surface area contributed by atoms with Gasteiger partial charge in [-0.15, -0.1) is 11.3 Å². The molecule has 0 radical (unpaired) electrons. The number of aromatic nitrogens is 1. The summed E-state index contributed by atoms with van der Waals surface area (Å²) in [6.07, 6.45) is 5.03. The highest BCUT2D eigenvalue weighted by molar-refractivity contribution is 7.15. The number of cyclic esters (lactones) is 1. The molecule has 2 aromatic rings. The number of methoxy groups -OCH3 is 3. The molecule has 4 heterocycles. The monoisotopic (exact) mass is 913 g/mol. The quantitative estimate of drug-likeness (QED) is 0.216. The van der Waals surface area contributed by atoms with Gasteiger partial charge >= 0.3 is 5.97 Å². The predicted octanol–water partition coefficient (Wildman–Crippen LogP) is 8.42. The van der Waals surface area contributed by atoms with Crippen LogP contribution in [0.5, 0.6) is 0 Å². The van der Waals surface area contributed by atoms with Crippen molar-refractivity contribution in [2.75, 3.05) is 40.7 Å². The molecule has 0 amide bonds. The predicted molar refractivity (Wildman–Crippen MR) is 240 cm³/mol. The average Bonchev–Trinajstić information content (AvgIpc) is 3.98. The number of anilines is 2. The Morgan fingerprint density at radius 1 is 0.889 bits per heavy atom. The Labute approximate surface area is 382 Å². The molecule has 6 aliphatic rings. The van der Waals surface area contributed by atoms with Gasteiger partial charge in [-0.25, -0.2) is 4.98 Å². The smallest absolute Gasteiger partial charge is 0.306 e. The molecule has 6 unspecified atom stereocenters. The van der Waals surface area contributed by atoms with Crippen LogP contribution < -0.4 is 5.32 Å². The summed E-state index contributed by atoms with van der Waals surface area (Å²) >= 11 is 7.90. The molecule has 1 saturated carbocycles. The van der Waals surface area contributed by atoms with Crippen LogP contribution in [0.2, 0.25) is 5.02 Å². The molecule has 1 aromatic heterocycles. The first-order chi connectivity index (χ1) is 30.3. The van der Waals surface area contributed by atoms with Gasteiger partial charge in [0, 0.05) is 66.6 Å². The molecule has 3 aliphatic heterocycles. The number of nitrogens with one attached hydrogen (secondary N) is 1. The van der Waals surface area contributed by atoms with E-state index in [1.807, 2.05) is 38.1 Å². The molecule has 13 nitrogen and oxygen atoms in total. The average molecular weight is 915 g/mol. The van der Waals surface area contributed by atoms with Crippen LogP contribution in [0.1, 0.15) is 108 Å². The molecule has 1 aromatic carbocycles. The molecule has 15 heteroatoms. The number of hydrogen-bond acceptors (Lipinski definition) is 14. The first-order valence-corrected chi connectivity index (χ1v) is 24.4. The second-order valence-corrected chi connectivity index (χ2v) is 20.4. The number of carbonyl (C=O) groups excluding carboxylic acids is 2. The number of esters is 1. The van der Waals surface area contributed by atoms with E-state index in [1.54, 1.807) is 32.7 Å². The number of fused-ring (bicyclic) bond motifs is 8. The van der Waals surface area contributed by atoms with Crippen molar-refractivity contribution in [3.8, 4) is 0 Å². The summed E-state index contributed by atoms with van der Waals surface area (Å²) in [5.41, 5.74) is 2.51. The Morgan fingerprint density at radius 2 is 1.63 bits per heavy atom. The number of likely N-dealkylation sites (N-methyl/N-ethyl adjacent to an activating group) is 1. The van der Waals surface area contributed by atoms with Crippen molar-refractivity contribution in [3.05, 3.63) is 51.5 Å². The van der Waals surface area contributed by atoms with Crippen molar-refractivity contribution in [2.45, 2.75) is 165 Å². The van der Waals surface area contributed by atoms with Gasteiger partial charge in [-0.2, -0.15) is 0 Å². The van der Waals surface area contributed by atoms with Crippen molar-refractivity contribution in [3.63, 3.8) is 0 Å². The zero-order valence-electron chi connectivity index (χ0n) is 38.3. The fourth-order valence-corrected chi connectivity index (χ4v) is 13.1. The van der Waals surface area contributed by atoms with Crippen LogP contribution >= 0.6 is 22.9 Å². The number of rotatable bonds is 11. The van der Waals surface area contributed by atoms with E-state index in [2.05, 4.69) is 44.2 Å². The summed E-state index contributed by atoms with van der Waals surface area (Å²) < 4.78 is 50.5. The molecule has 17 atom stereocenters. The number of ether oxygens (including phenoxy) is 8. The first kappa shape index (κ1) is 47.0. The SMILES string of the molecule is CC[C@H]1CCC[C@H](O[C@H]2CC[C@H](N(C)C)C(C)O2)[C@@H](C)C(=O)C2=C[C@@H]3C(c4nc(Nc5ccc(Cl)cc5)sc4C4C[C@@H](O[C@@H]5OC(C)[C@H](OC)C(OC)C5OC)C[C@H]43)[C@@H]2CC(=O)O1. The molecule has 348 valence electrons. The van der Waals surface area contributed by atoms with E-state index in [0.717, 1.165) is 48.6 Å². The van der Waals surface area contributed by atoms with Gasteiger partial charge in [-0.3, -0.25) is 9.59 Å². The minimum atomic E-state index is -0.673. The van der Waals surface area contributed by atoms with E-state index in [4.69, 9.17) is 54.5 Å². The van der Waals surface area contributed by atoms with Crippen LogP contribution in [-0.2, 0) is 47.5 Å². The number of carbonyl (C=O) groups is 2. The summed E-state index contributed by atoms with van der Waals surface area (Å²) in [5.74, 6) is -1.15. The highest BCUT2D eigenvalue weighted by atomic mass is 35.5. The van der Waals surface area contributed by atoms with E-state index >= 15 is 4.79 Å². The van der Waals surface area contributed by atoms with Crippen LogP contribution in [0, 0.1) is 23.7 Å². The van der Waals surface area contributed by atoms with Crippen molar-refractivity contribution in [1.29, 1.82) is 0 Å². The van der Waals surface area contributed by atoms with Gasteiger partial charge in [0.1, 0.15) is 24.4 Å². The minimum absolute atomic E-state index is 0.000570. The molecule has 4 fully saturated rings. The maximum atomic E-state index is 15.2. The molecule has 3 saturated heterocycles. The van der Waals surface area contributed by atoms with Crippen LogP contribution in [0.4, 0.5) is 10.8 Å². The van der Waals surface area contributed by atoms with Crippen molar-refractivity contribution in [1.82, 2.24) is 9.88 Å². The van der Waals surface area contributed by atoms with Gasteiger partial charge < -0.3 is 48.1 Å². The van der Waals surface area contributed by atoms with E-state index in [1.165, 1.54) is 4.88 Å². The van der Waals surface area contributed by atoms with Gasteiger partial charge in [-0.1, -0.05) is 31.5 Å². The Bertz CT molecular complexity index is 1930. The number of allylic oxidation sites excluding steroid dienone is 2. The number of ketones is 1. The molecule has 0 spiro atoms. The normalized spacial score (nSPS) is 39.6. The van der Waals surface area contributed by atoms with E-state index < -0.39 is 30.5 Å². The van der Waals surface area contributed by atoms with Gasteiger partial charge in [-0.05, 0) is 121 Å². The Morgan fingerprint density at radius 3 is 2.32 bits per heavy atom. The lowest BCUT2D eigenvalue weighted by atomic mass is 9.67. The largest absolute Gasteiger partial charge is 0.462 e. The number of benzene rings is 1. The Hall–Kier alpha value is -2.50. The third-order valence-electron chi connectivity index (χ3n) is 15.0. The highest BCUT2D eigenvalue weighted by Gasteiger charge is 2.57. The van der Waals surface area contributed by atoms with Gasteiger partial charge in [0.2, 0.25) is 0 Å². The fourth-order valence-electron chi connectivity index (χ4n) is 11.8. The fraction of sp³-hybridized carbons (Fsp3) is 0.729. The summed E-state index contributed by atoms with van der Waals surface area (Å²) in [6.45, 7) is 8.14. The highest BCUT2D eigenvalue weighted by Crippen LogP contribution is 2.63. The van der Waals surface area contributed by atoms with Crippen molar-refractivity contribution >= 4 is 45.5 Å². The van der Waals surface area contributed by atoms with Crippen LogP contribution in [-0.4, -0.2) is 125 Å². The second-order valence-electron chi connectivity index (χ2n) is 18.9. The Kier molecular flexibility index (Phi) is 15.0. The maximum Gasteiger partial charge on any atom is 0.306 e. The number of nitrogens with zero attached hydrogens (tertiary/aromatic N) is 2. The minimum Gasteiger partial charge on any atom is -0.462 e. The lowest BCUT2D eigenvalue weighted by Gasteiger charge is -2.44. The zero-order valence-corrected chi connectivity index (χ0v) is 39.9. The maximum absolute atomic E-state index is 15.2. The Balaban J connectivity index is 1.13. The lowest BCUT2D eigenvalue weighted by molar-refractivity contribution is -0.314. The van der Waals surface area contributed by atoms with E-state index in [0.29, 0.717) is 35.9 Å². The van der Waals surface area contributed by atoms with E-state index in [-0.39, 0.29) is 84.6 Å². The third kappa shape index (κ3) is 9.69. The first-order valence-electron chi connectivity index (χ1n) is 23.2. The van der Waals surface area contributed by atoms with Crippen LogP contribution in [0.25, 0.3) is 0 Å². The summed E-state index contributed by atoms with van der Waals surface area (Å²) in [7, 11) is 9.13. The number of Topliss-reactive ketones (excluding diaryl/α,β-unsaturated/α-hetero) is 1. The second kappa shape index (κ2) is 20.2. The molecular formula is C48H68ClN3O10S. The molecule has 3 aliphatic carbocycles. The third-order valence-corrected chi connectivity index (χ3v) is 16.4. The van der Waals surface area contributed by atoms with Gasteiger partial charge in [0.05, 0.1) is 36.5 Å². The lowest BCUT2D eigenvalue weighted by Crippen LogP contribution is -2.59. The topological polar surface area (TPSA) is 136 Å². The number of thiazole rings is 1. The standard InChI is InChI=1S/C48H68ClN3O10S/c1-10-29-12-11-13-37(62-39-19-18-36(52(5)6)25(3)58-39)24(2)42(54)34-22-32-31-20-30(61-47-45(57-9)44(56-8)43(55-7)26(4)59-47)21-35(31)46-41(40(32)33(34)23-38(53)60-29)51-48(63-46)50-28-16-14-27(49)15-17-28/h14-17,22,24-26,29-33,35-37,39-40,43-45,47H,10-13,18-21,23H2,1-9H3,(H,50,51)/t24-,25?,26?,29+,30+,31+,32+,33-,35?,36+,37+,39+,40?,43+,44?,45?,47+/m1/s1. The van der Waals surface area contributed by atoms with E-state index in [9.17, 15) is 4.79 Å². The van der Waals surface area contributed by atoms with Crippen LogP contribution in [0.3, 0.4) is 0 Å². The van der Waals surface area contributed by atoms with Crippen molar-refractivity contribution in [2.24, 2.45) is 23.7 Å². The zero-order chi connectivity index (χ0) is 44.7. The van der Waals surface area contributed by atoms with Crippen LogP contribution in [0.15, 0.2) is 35.9 Å². The van der Waals surface area contributed by atoms with Gasteiger partial charge in [0.15, 0.2) is 23.5 Å². The summed E-state index contributed by atoms with van der Waals surface area (Å²) in [5, 5.41) is 4.94. The summed E-state index contributed by atoms with van der Waals surface area (Å²) in [6, 6.07) is 7.89.